The van der Waals surface area contributed by atoms with Crippen molar-refractivity contribution in [2.45, 2.75) is 43.5 Å². The second-order valence-corrected chi connectivity index (χ2v) is 9.39. The van der Waals surface area contributed by atoms with E-state index in [2.05, 4.69) is 21.2 Å². The molecule has 3 rings (SSSR count). The number of piperidine rings is 1. The third-order valence-corrected chi connectivity index (χ3v) is 7.28. The number of anilines is 1. The number of benzene rings is 2. The normalized spacial score (nSPS) is 18.2. The third kappa shape index (κ3) is 4.42. The molecule has 0 bridgehead atoms. The Labute approximate surface area is 169 Å². The van der Waals surface area contributed by atoms with E-state index in [1.54, 1.807) is 24.3 Å². The molecule has 2 aromatic carbocycles. The summed E-state index contributed by atoms with van der Waals surface area (Å²) in [5.41, 5.74) is 1.78. The van der Waals surface area contributed by atoms with Crippen LogP contribution in [0.2, 0.25) is 0 Å². The van der Waals surface area contributed by atoms with E-state index in [0.717, 1.165) is 35.0 Å². The summed E-state index contributed by atoms with van der Waals surface area (Å²) in [4.78, 5) is 13.2. The summed E-state index contributed by atoms with van der Waals surface area (Å²) in [6.07, 6.45) is 2.91. The number of nitrogens with one attached hydrogen (secondary N) is 1. The molecule has 0 aromatic heterocycles. The summed E-state index contributed by atoms with van der Waals surface area (Å²) in [7, 11) is -3.73. The van der Waals surface area contributed by atoms with Crippen molar-refractivity contribution >= 4 is 37.5 Å². The van der Waals surface area contributed by atoms with Crippen molar-refractivity contribution in [3.63, 3.8) is 0 Å². The van der Waals surface area contributed by atoms with E-state index < -0.39 is 16.1 Å². The standard InChI is InChI=1S/C20H23BrN2O3S/c1-2-15-7-3-4-8-18(15)22-20(24)19-9-5-6-14-23(19)27(25,26)17-12-10-16(21)11-13-17/h3-4,7-8,10-13,19H,2,5-6,9,14H2,1H3,(H,22,24). The molecule has 1 heterocycles. The van der Waals surface area contributed by atoms with Gasteiger partial charge in [-0.2, -0.15) is 4.31 Å². The van der Waals surface area contributed by atoms with Crippen molar-refractivity contribution in [3.8, 4) is 0 Å². The molecule has 7 heteroatoms. The highest BCUT2D eigenvalue weighted by Crippen LogP contribution is 2.27. The minimum absolute atomic E-state index is 0.208. The maximum Gasteiger partial charge on any atom is 0.243 e. The van der Waals surface area contributed by atoms with Gasteiger partial charge in [-0.05, 0) is 55.2 Å². The van der Waals surface area contributed by atoms with Crippen molar-refractivity contribution in [1.82, 2.24) is 4.31 Å². The zero-order chi connectivity index (χ0) is 19.4. The molecule has 1 amide bonds. The van der Waals surface area contributed by atoms with Crippen LogP contribution in [0.5, 0.6) is 0 Å². The largest absolute Gasteiger partial charge is 0.324 e. The lowest BCUT2D eigenvalue weighted by molar-refractivity contribution is -0.120. The number of nitrogens with zero attached hydrogens (tertiary/aromatic N) is 1. The van der Waals surface area contributed by atoms with Gasteiger partial charge < -0.3 is 5.32 Å². The van der Waals surface area contributed by atoms with E-state index in [0.29, 0.717) is 13.0 Å². The Hall–Kier alpha value is -1.70. The summed E-state index contributed by atoms with van der Waals surface area (Å²) in [5, 5.41) is 2.94. The minimum Gasteiger partial charge on any atom is -0.324 e. The quantitative estimate of drug-likeness (QED) is 0.742. The van der Waals surface area contributed by atoms with Crippen LogP contribution < -0.4 is 5.32 Å². The molecule has 144 valence electrons. The average molecular weight is 451 g/mol. The van der Waals surface area contributed by atoms with Crippen molar-refractivity contribution in [1.29, 1.82) is 0 Å². The number of amides is 1. The lowest BCUT2D eigenvalue weighted by Gasteiger charge is -2.33. The first-order valence-electron chi connectivity index (χ1n) is 9.09. The second kappa shape index (κ2) is 8.54. The zero-order valence-electron chi connectivity index (χ0n) is 15.2. The number of hydrogen-bond acceptors (Lipinski definition) is 3. The molecule has 1 atom stereocenters. The van der Waals surface area contributed by atoms with Crippen LogP contribution in [0, 0.1) is 0 Å². The summed E-state index contributed by atoms with van der Waals surface area (Å²) >= 11 is 3.32. The zero-order valence-corrected chi connectivity index (χ0v) is 17.6. The van der Waals surface area contributed by atoms with Crippen molar-refractivity contribution in [2.24, 2.45) is 0 Å². The molecule has 0 aliphatic carbocycles. The van der Waals surface area contributed by atoms with E-state index in [1.807, 2.05) is 31.2 Å². The number of hydrogen-bond donors (Lipinski definition) is 1. The van der Waals surface area contributed by atoms with Crippen LogP contribution >= 0.6 is 15.9 Å². The van der Waals surface area contributed by atoms with E-state index in [1.165, 1.54) is 4.31 Å². The number of carbonyl (C=O) groups is 1. The fourth-order valence-corrected chi connectivity index (χ4v) is 5.28. The second-order valence-electron chi connectivity index (χ2n) is 6.58. The smallest absolute Gasteiger partial charge is 0.243 e. The van der Waals surface area contributed by atoms with E-state index in [4.69, 9.17) is 0 Å². The Morgan fingerprint density at radius 3 is 2.56 bits per heavy atom. The van der Waals surface area contributed by atoms with Gasteiger partial charge in [-0.3, -0.25) is 4.79 Å². The predicted octanol–water partition coefficient (Wildman–Crippen LogP) is 4.19. The summed E-state index contributed by atoms with van der Waals surface area (Å²) in [6.45, 7) is 2.38. The maximum atomic E-state index is 13.1. The highest BCUT2D eigenvalue weighted by atomic mass is 79.9. The molecular weight excluding hydrogens is 428 g/mol. The average Bonchev–Trinajstić information content (AvgIpc) is 2.68. The molecule has 1 saturated heterocycles. The molecule has 27 heavy (non-hydrogen) atoms. The fourth-order valence-electron chi connectivity index (χ4n) is 3.36. The first-order valence-corrected chi connectivity index (χ1v) is 11.3. The summed E-state index contributed by atoms with van der Waals surface area (Å²) in [6, 6.07) is 13.4. The minimum atomic E-state index is -3.73. The topological polar surface area (TPSA) is 66.5 Å². The Bertz CT molecular complexity index is 913. The molecule has 1 fully saturated rings. The molecule has 0 spiro atoms. The Balaban J connectivity index is 1.86. The van der Waals surface area contributed by atoms with E-state index >= 15 is 0 Å². The van der Waals surface area contributed by atoms with Crippen LogP contribution in [0.1, 0.15) is 31.7 Å². The molecule has 1 aliphatic heterocycles. The third-order valence-electron chi connectivity index (χ3n) is 4.83. The number of sulfonamides is 1. The first kappa shape index (κ1) is 20.0. The maximum absolute atomic E-state index is 13.1. The summed E-state index contributed by atoms with van der Waals surface area (Å²) < 4.78 is 28.4. The molecule has 2 aromatic rings. The Morgan fingerprint density at radius 1 is 1.15 bits per heavy atom. The van der Waals surface area contributed by atoms with Crippen LogP contribution in [-0.2, 0) is 21.2 Å². The van der Waals surface area contributed by atoms with Crippen LogP contribution in [0.4, 0.5) is 5.69 Å². The van der Waals surface area contributed by atoms with Gasteiger partial charge in [0.15, 0.2) is 0 Å². The Morgan fingerprint density at radius 2 is 1.85 bits per heavy atom. The van der Waals surface area contributed by atoms with Gasteiger partial charge in [0.1, 0.15) is 6.04 Å². The van der Waals surface area contributed by atoms with Gasteiger partial charge in [0.05, 0.1) is 4.90 Å². The van der Waals surface area contributed by atoms with Crippen LogP contribution in [0.15, 0.2) is 57.9 Å². The monoisotopic (exact) mass is 450 g/mol. The number of rotatable bonds is 5. The van der Waals surface area contributed by atoms with Gasteiger partial charge in [0, 0.05) is 16.7 Å². The van der Waals surface area contributed by atoms with Crippen molar-refractivity contribution < 1.29 is 13.2 Å². The molecular formula is C20H23BrN2O3S. The van der Waals surface area contributed by atoms with Gasteiger partial charge in [-0.1, -0.05) is 47.5 Å². The van der Waals surface area contributed by atoms with Gasteiger partial charge in [-0.15, -0.1) is 0 Å². The fraction of sp³-hybridized carbons (Fsp3) is 0.350. The SMILES string of the molecule is CCc1ccccc1NC(=O)C1CCCCN1S(=O)(=O)c1ccc(Br)cc1. The number of carbonyl (C=O) groups excluding carboxylic acids is 1. The van der Waals surface area contributed by atoms with Crippen molar-refractivity contribution in [2.75, 3.05) is 11.9 Å². The van der Waals surface area contributed by atoms with Gasteiger partial charge in [-0.25, -0.2) is 8.42 Å². The van der Waals surface area contributed by atoms with Gasteiger partial charge in [0.2, 0.25) is 15.9 Å². The van der Waals surface area contributed by atoms with Crippen LogP contribution in [-0.4, -0.2) is 31.2 Å². The lowest BCUT2D eigenvalue weighted by atomic mass is 10.0. The van der Waals surface area contributed by atoms with Gasteiger partial charge in [0.25, 0.3) is 0 Å². The number of aryl methyl sites for hydroxylation is 1. The highest BCUT2D eigenvalue weighted by molar-refractivity contribution is 9.10. The predicted molar refractivity (Wildman–Crippen MR) is 110 cm³/mol. The molecule has 1 unspecified atom stereocenters. The van der Waals surface area contributed by atoms with Crippen LogP contribution in [0.25, 0.3) is 0 Å². The molecule has 1 aliphatic rings. The highest BCUT2D eigenvalue weighted by Gasteiger charge is 2.37. The molecule has 0 saturated carbocycles. The first-order chi connectivity index (χ1) is 12.9. The molecule has 5 nitrogen and oxygen atoms in total. The lowest BCUT2D eigenvalue weighted by Crippen LogP contribution is -2.49. The number of halogens is 1. The Kier molecular flexibility index (Phi) is 6.34. The number of para-hydroxylation sites is 1. The summed E-state index contributed by atoms with van der Waals surface area (Å²) in [5.74, 6) is -0.267. The van der Waals surface area contributed by atoms with Crippen LogP contribution in [0.3, 0.4) is 0 Å². The van der Waals surface area contributed by atoms with Crippen molar-refractivity contribution in [3.05, 3.63) is 58.6 Å². The van der Waals surface area contributed by atoms with E-state index in [-0.39, 0.29) is 10.8 Å². The molecule has 1 N–H and O–H groups in total. The molecule has 0 radical (unpaired) electrons. The van der Waals surface area contributed by atoms with Gasteiger partial charge >= 0.3 is 0 Å². The van der Waals surface area contributed by atoms with E-state index in [9.17, 15) is 13.2 Å².